The van der Waals surface area contributed by atoms with Crippen molar-refractivity contribution in [3.8, 4) is 0 Å². The molecule has 1 rings (SSSR count). The monoisotopic (exact) mass is 214 g/mol. The van der Waals surface area contributed by atoms with Gasteiger partial charge in [-0.15, -0.1) is 0 Å². The minimum Gasteiger partial charge on any atom is -0.391 e. The summed E-state index contributed by atoms with van der Waals surface area (Å²) < 4.78 is 0. The van der Waals surface area contributed by atoms with Crippen molar-refractivity contribution in [1.29, 1.82) is 0 Å². The van der Waals surface area contributed by atoms with Crippen LogP contribution in [0.15, 0.2) is 0 Å². The zero-order valence-electron chi connectivity index (χ0n) is 10.4. The molecule has 3 nitrogen and oxygen atoms in total. The van der Waals surface area contributed by atoms with Gasteiger partial charge in [-0.3, -0.25) is 4.90 Å². The highest BCUT2D eigenvalue weighted by atomic mass is 16.3. The SMILES string of the molecule is CNC[C@H]([C@@H](O)C(C)C)N1CCCCC1. The van der Waals surface area contributed by atoms with E-state index in [1.54, 1.807) is 0 Å². The Kier molecular flexibility index (Phi) is 5.58. The van der Waals surface area contributed by atoms with Crippen LogP contribution in [0.25, 0.3) is 0 Å². The van der Waals surface area contributed by atoms with Crippen LogP contribution in [0.1, 0.15) is 33.1 Å². The fourth-order valence-electron chi connectivity index (χ4n) is 2.37. The highest BCUT2D eigenvalue weighted by molar-refractivity contribution is 4.84. The second-order valence-electron chi connectivity index (χ2n) is 4.96. The van der Waals surface area contributed by atoms with Crippen molar-refractivity contribution in [2.24, 2.45) is 5.92 Å². The summed E-state index contributed by atoms with van der Waals surface area (Å²) in [5.74, 6) is 0.338. The van der Waals surface area contributed by atoms with Crippen LogP contribution in [-0.2, 0) is 0 Å². The van der Waals surface area contributed by atoms with E-state index in [-0.39, 0.29) is 12.1 Å². The molecular formula is C12H26N2O. The van der Waals surface area contributed by atoms with E-state index < -0.39 is 0 Å². The minimum absolute atomic E-state index is 0.212. The molecule has 2 N–H and O–H groups in total. The van der Waals surface area contributed by atoms with E-state index in [0.29, 0.717) is 5.92 Å². The first-order valence-electron chi connectivity index (χ1n) is 6.23. The van der Waals surface area contributed by atoms with Crippen LogP contribution in [0.5, 0.6) is 0 Å². The maximum atomic E-state index is 10.2. The second kappa shape index (κ2) is 6.46. The molecule has 15 heavy (non-hydrogen) atoms. The zero-order valence-corrected chi connectivity index (χ0v) is 10.4. The molecule has 1 fully saturated rings. The molecule has 0 radical (unpaired) electrons. The quantitative estimate of drug-likeness (QED) is 0.719. The van der Waals surface area contributed by atoms with Gasteiger partial charge in [-0.05, 0) is 38.9 Å². The summed E-state index contributed by atoms with van der Waals surface area (Å²) in [6.07, 6.45) is 3.70. The molecule has 0 aromatic carbocycles. The van der Waals surface area contributed by atoms with Crippen LogP contribution in [0, 0.1) is 5.92 Å². The lowest BCUT2D eigenvalue weighted by Gasteiger charge is -2.38. The van der Waals surface area contributed by atoms with E-state index in [9.17, 15) is 5.11 Å². The number of aliphatic hydroxyl groups is 1. The molecule has 0 aliphatic carbocycles. The predicted octanol–water partition coefficient (Wildman–Crippen LogP) is 1.08. The Labute approximate surface area is 93.9 Å². The first-order valence-corrected chi connectivity index (χ1v) is 6.23. The van der Waals surface area contributed by atoms with Gasteiger partial charge in [0, 0.05) is 12.6 Å². The molecule has 1 aliphatic rings. The van der Waals surface area contributed by atoms with Crippen LogP contribution in [0.2, 0.25) is 0 Å². The molecule has 2 atom stereocenters. The fourth-order valence-corrected chi connectivity index (χ4v) is 2.37. The number of nitrogens with zero attached hydrogens (tertiary/aromatic N) is 1. The van der Waals surface area contributed by atoms with Crippen LogP contribution in [0.3, 0.4) is 0 Å². The lowest BCUT2D eigenvalue weighted by molar-refractivity contribution is 0.0124. The summed E-state index contributed by atoms with van der Waals surface area (Å²) in [4.78, 5) is 2.45. The van der Waals surface area contributed by atoms with Crippen molar-refractivity contribution in [3.05, 3.63) is 0 Å². The Bertz CT molecular complexity index is 167. The third kappa shape index (κ3) is 3.74. The van der Waals surface area contributed by atoms with Gasteiger partial charge >= 0.3 is 0 Å². The van der Waals surface area contributed by atoms with Crippen LogP contribution in [-0.4, -0.2) is 48.8 Å². The molecular weight excluding hydrogens is 188 g/mol. The van der Waals surface area contributed by atoms with Gasteiger partial charge in [0.1, 0.15) is 0 Å². The van der Waals surface area contributed by atoms with Gasteiger partial charge in [-0.1, -0.05) is 20.3 Å². The molecule has 1 aliphatic heterocycles. The van der Waals surface area contributed by atoms with Crippen molar-refractivity contribution < 1.29 is 5.11 Å². The fraction of sp³-hybridized carbons (Fsp3) is 1.00. The smallest absolute Gasteiger partial charge is 0.0730 e. The Morgan fingerprint density at radius 2 is 1.80 bits per heavy atom. The minimum atomic E-state index is -0.212. The second-order valence-corrected chi connectivity index (χ2v) is 4.96. The van der Waals surface area contributed by atoms with Gasteiger partial charge in [0.15, 0.2) is 0 Å². The number of hydrogen-bond acceptors (Lipinski definition) is 3. The van der Waals surface area contributed by atoms with Crippen molar-refractivity contribution in [1.82, 2.24) is 10.2 Å². The van der Waals surface area contributed by atoms with Gasteiger partial charge in [0.25, 0.3) is 0 Å². The van der Waals surface area contributed by atoms with Gasteiger partial charge in [0.05, 0.1) is 6.10 Å². The standard InChI is InChI=1S/C12H26N2O/c1-10(2)12(15)11(9-13-3)14-7-5-4-6-8-14/h10-13,15H,4-9H2,1-3H3/t11-,12+/m1/s1. The van der Waals surface area contributed by atoms with E-state index in [1.807, 2.05) is 7.05 Å². The Balaban J connectivity index is 2.54. The molecule has 0 unspecified atom stereocenters. The summed E-state index contributed by atoms with van der Waals surface area (Å²) in [6.45, 7) is 7.38. The topological polar surface area (TPSA) is 35.5 Å². The first-order chi connectivity index (χ1) is 7.16. The van der Waals surface area contributed by atoms with Gasteiger partial charge in [-0.2, -0.15) is 0 Å². The summed E-state index contributed by atoms with van der Waals surface area (Å²) in [6, 6.07) is 0.287. The normalized spacial score (nSPS) is 23.0. The molecule has 1 heterocycles. The Morgan fingerprint density at radius 1 is 1.20 bits per heavy atom. The lowest BCUT2D eigenvalue weighted by atomic mass is 9.96. The number of hydrogen-bond donors (Lipinski definition) is 2. The van der Waals surface area contributed by atoms with Crippen molar-refractivity contribution in [3.63, 3.8) is 0 Å². The highest BCUT2D eigenvalue weighted by Crippen LogP contribution is 2.17. The van der Waals surface area contributed by atoms with Crippen molar-refractivity contribution in [2.45, 2.75) is 45.3 Å². The average molecular weight is 214 g/mol. The molecule has 0 saturated carbocycles. The zero-order chi connectivity index (χ0) is 11.3. The van der Waals surface area contributed by atoms with E-state index in [4.69, 9.17) is 0 Å². The average Bonchev–Trinajstić information content (AvgIpc) is 2.26. The molecule has 3 heteroatoms. The number of aliphatic hydroxyl groups excluding tert-OH is 1. The van der Waals surface area contributed by atoms with Crippen molar-refractivity contribution >= 4 is 0 Å². The first kappa shape index (κ1) is 12.9. The molecule has 0 aromatic heterocycles. The number of likely N-dealkylation sites (N-methyl/N-ethyl adjacent to an activating group) is 1. The molecule has 90 valence electrons. The maximum Gasteiger partial charge on any atom is 0.0730 e. The lowest BCUT2D eigenvalue weighted by Crippen LogP contribution is -2.52. The number of likely N-dealkylation sites (tertiary alicyclic amines) is 1. The highest BCUT2D eigenvalue weighted by Gasteiger charge is 2.28. The molecule has 1 saturated heterocycles. The molecule has 0 aromatic rings. The number of piperidine rings is 1. The third-order valence-corrected chi connectivity index (χ3v) is 3.35. The maximum absolute atomic E-state index is 10.2. The van der Waals surface area contributed by atoms with Crippen LogP contribution < -0.4 is 5.32 Å². The largest absolute Gasteiger partial charge is 0.391 e. The Morgan fingerprint density at radius 3 is 2.27 bits per heavy atom. The number of nitrogens with one attached hydrogen (secondary N) is 1. The Hall–Kier alpha value is -0.120. The van der Waals surface area contributed by atoms with Gasteiger partial charge in [0.2, 0.25) is 0 Å². The van der Waals surface area contributed by atoms with Crippen LogP contribution in [0.4, 0.5) is 0 Å². The van der Waals surface area contributed by atoms with Gasteiger partial charge in [-0.25, -0.2) is 0 Å². The van der Waals surface area contributed by atoms with Crippen molar-refractivity contribution in [2.75, 3.05) is 26.7 Å². The van der Waals surface area contributed by atoms with E-state index in [2.05, 4.69) is 24.1 Å². The molecule has 0 spiro atoms. The summed E-state index contributed by atoms with van der Waals surface area (Å²) >= 11 is 0. The third-order valence-electron chi connectivity index (χ3n) is 3.35. The van der Waals surface area contributed by atoms with Gasteiger partial charge < -0.3 is 10.4 Å². The summed E-state index contributed by atoms with van der Waals surface area (Å²) in [5, 5.41) is 13.4. The molecule has 0 amide bonds. The van der Waals surface area contributed by atoms with E-state index in [1.165, 1.54) is 19.3 Å². The number of rotatable bonds is 5. The van der Waals surface area contributed by atoms with Crippen LogP contribution >= 0.6 is 0 Å². The van der Waals surface area contributed by atoms with E-state index >= 15 is 0 Å². The predicted molar refractivity (Wildman–Crippen MR) is 64.0 cm³/mol. The summed E-state index contributed by atoms with van der Waals surface area (Å²) in [7, 11) is 1.96. The van der Waals surface area contributed by atoms with E-state index in [0.717, 1.165) is 19.6 Å². The molecule has 0 bridgehead atoms. The summed E-state index contributed by atoms with van der Waals surface area (Å²) in [5.41, 5.74) is 0.